The van der Waals surface area contributed by atoms with Gasteiger partial charge in [0.2, 0.25) is 5.91 Å². The van der Waals surface area contributed by atoms with Crippen molar-refractivity contribution in [1.82, 2.24) is 4.57 Å². The fourth-order valence-electron chi connectivity index (χ4n) is 3.03. The van der Waals surface area contributed by atoms with Gasteiger partial charge in [0.15, 0.2) is 0 Å². The van der Waals surface area contributed by atoms with Crippen LogP contribution in [-0.2, 0) is 17.9 Å². The lowest BCUT2D eigenvalue weighted by Crippen LogP contribution is -2.28. The van der Waals surface area contributed by atoms with E-state index in [1.165, 1.54) is 0 Å². The lowest BCUT2D eigenvalue weighted by atomic mass is 10.1. The molecule has 6 nitrogen and oxygen atoms in total. The van der Waals surface area contributed by atoms with Crippen molar-refractivity contribution in [3.63, 3.8) is 0 Å². The number of halogens is 1. The fourth-order valence-corrected chi connectivity index (χ4v) is 3.03. The Labute approximate surface area is 172 Å². The summed E-state index contributed by atoms with van der Waals surface area (Å²) in [5.74, 6) is 0.876. The molecule has 156 valence electrons. The van der Waals surface area contributed by atoms with Crippen LogP contribution in [0.2, 0.25) is 0 Å². The molecular formula is C21H32ClN3O3. The highest BCUT2D eigenvalue weighted by Gasteiger charge is 2.18. The van der Waals surface area contributed by atoms with Gasteiger partial charge in [0.05, 0.1) is 17.7 Å². The largest absolute Gasteiger partial charge is 0.491 e. The molecule has 1 heterocycles. The SMILES string of the molecule is CCCCOc1c(CN)n(CC(C)C)c(=O)c2ccc(NC(=O)CC)cc12.Cl. The highest BCUT2D eigenvalue weighted by atomic mass is 35.5. The van der Waals surface area contributed by atoms with E-state index in [9.17, 15) is 9.59 Å². The number of hydrogen-bond acceptors (Lipinski definition) is 4. The Hall–Kier alpha value is -2.05. The van der Waals surface area contributed by atoms with Crippen molar-refractivity contribution in [2.45, 2.75) is 60.0 Å². The number of aromatic nitrogens is 1. The molecule has 0 radical (unpaired) electrons. The van der Waals surface area contributed by atoms with Crippen molar-refractivity contribution < 1.29 is 9.53 Å². The summed E-state index contributed by atoms with van der Waals surface area (Å²) in [5.41, 5.74) is 7.30. The second kappa shape index (κ2) is 11.1. The molecule has 1 amide bonds. The van der Waals surface area contributed by atoms with Crippen LogP contribution in [0, 0.1) is 5.92 Å². The summed E-state index contributed by atoms with van der Waals surface area (Å²) in [4.78, 5) is 24.8. The number of nitrogens with zero attached hydrogens (tertiary/aromatic N) is 1. The molecule has 0 saturated heterocycles. The molecule has 1 aromatic carbocycles. The number of benzene rings is 1. The number of nitrogens with one attached hydrogen (secondary N) is 1. The molecule has 0 bridgehead atoms. The molecule has 0 aliphatic heterocycles. The molecule has 0 spiro atoms. The number of anilines is 1. The van der Waals surface area contributed by atoms with E-state index in [2.05, 4.69) is 26.1 Å². The van der Waals surface area contributed by atoms with Gasteiger partial charge in [-0.15, -0.1) is 12.4 Å². The third-order valence-electron chi connectivity index (χ3n) is 4.42. The topological polar surface area (TPSA) is 86.3 Å². The number of amides is 1. The van der Waals surface area contributed by atoms with E-state index in [0.717, 1.165) is 12.8 Å². The van der Waals surface area contributed by atoms with Crippen molar-refractivity contribution >= 4 is 34.8 Å². The third-order valence-corrected chi connectivity index (χ3v) is 4.42. The Bertz CT molecular complexity index is 862. The quantitative estimate of drug-likeness (QED) is 0.611. The standard InChI is InChI=1S/C21H31N3O3.ClH/c1-5-7-10-27-20-17-11-15(23-19(25)6-2)8-9-16(17)21(26)24(13-14(3)4)18(20)12-22;/h8-9,11,14H,5-7,10,12-13,22H2,1-4H3,(H,23,25);1H. The van der Waals surface area contributed by atoms with E-state index in [1.807, 2.05) is 6.07 Å². The molecular weight excluding hydrogens is 378 g/mol. The van der Waals surface area contributed by atoms with Crippen molar-refractivity contribution in [3.05, 3.63) is 34.2 Å². The Morgan fingerprint density at radius 2 is 1.96 bits per heavy atom. The van der Waals surface area contributed by atoms with Crippen molar-refractivity contribution in [2.24, 2.45) is 11.7 Å². The first-order valence-corrected chi connectivity index (χ1v) is 9.75. The van der Waals surface area contributed by atoms with Gasteiger partial charge in [0, 0.05) is 30.6 Å². The zero-order chi connectivity index (χ0) is 20.0. The number of carbonyl (C=O) groups excluding carboxylic acids is 1. The average molecular weight is 410 g/mol. The van der Waals surface area contributed by atoms with Gasteiger partial charge in [-0.2, -0.15) is 0 Å². The first-order valence-electron chi connectivity index (χ1n) is 9.75. The van der Waals surface area contributed by atoms with Gasteiger partial charge >= 0.3 is 0 Å². The van der Waals surface area contributed by atoms with Crippen molar-refractivity contribution in [1.29, 1.82) is 0 Å². The molecule has 0 fully saturated rings. The molecule has 2 aromatic rings. The minimum absolute atomic E-state index is 0. The monoisotopic (exact) mass is 409 g/mol. The first-order chi connectivity index (χ1) is 12.9. The normalized spacial score (nSPS) is 10.8. The smallest absolute Gasteiger partial charge is 0.258 e. The predicted octanol–water partition coefficient (Wildman–Crippen LogP) is 4.07. The van der Waals surface area contributed by atoms with Gasteiger partial charge in [0.1, 0.15) is 5.75 Å². The number of rotatable bonds is 9. The van der Waals surface area contributed by atoms with Gasteiger partial charge in [-0.25, -0.2) is 0 Å². The molecule has 28 heavy (non-hydrogen) atoms. The Morgan fingerprint density at radius 1 is 1.25 bits per heavy atom. The highest BCUT2D eigenvalue weighted by molar-refractivity contribution is 5.96. The number of nitrogens with two attached hydrogens (primary N) is 1. The molecule has 7 heteroatoms. The summed E-state index contributed by atoms with van der Waals surface area (Å²) in [5, 5.41) is 4.12. The van der Waals surface area contributed by atoms with Crippen LogP contribution >= 0.6 is 12.4 Å². The molecule has 0 atom stereocenters. The first kappa shape index (κ1) is 24.0. The number of ether oxygens (including phenoxy) is 1. The minimum Gasteiger partial charge on any atom is -0.491 e. The van der Waals surface area contributed by atoms with Crippen LogP contribution in [0.15, 0.2) is 23.0 Å². The van der Waals surface area contributed by atoms with Crippen molar-refractivity contribution in [2.75, 3.05) is 11.9 Å². The van der Waals surface area contributed by atoms with Crippen LogP contribution in [0.1, 0.15) is 52.7 Å². The van der Waals surface area contributed by atoms with E-state index in [4.69, 9.17) is 10.5 Å². The van der Waals surface area contributed by atoms with Crippen LogP contribution in [0.3, 0.4) is 0 Å². The number of unbranched alkanes of at least 4 members (excludes halogenated alkanes) is 1. The van der Waals surface area contributed by atoms with Gasteiger partial charge < -0.3 is 20.4 Å². The number of carbonyl (C=O) groups is 1. The third kappa shape index (κ3) is 5.49. The highest BCUT2D eigenvalue weighted by Crippen LogP contribution is 2.31. The minimum atomic E-state index is -0.0741. The lowest BCUT2D eigenvalue weighted by molar-refractivity contribution is -0.115. The second-order valence-corrected chi connectivity index (χ2v) is 7.15. The Morgan fingerprint density at radius 3 is 2.54 bits per heavy atom. The van der Waals surface area contributed by atoms with Gasteiger partial charge in [-0.05, 0) is 30.5 Å². The van der Waals surface area contributed by atoms with Gasteiger partial charge in [0.25, 0.3) is 5.56 Å². The zero-order valence-electron chi connectivity index (χ0n) is 17.2. The second-order valence-electron chi connectivity index (χ2n) is 7.15. The van der Waals surface area contributed by atoms with E-state index in [0.29, 0.717) is 53.4 Å². The fraction of sp³-hybridized carbons (Fsp3) is 0.524. The maximum absolute atomic E-state index is 13.1. The number of fused-ring (bicyclic) bond motifs is 1. The van der Waals surface area contributed by atoms with Gasteiger partial charge in [-0.3, -0.25) is 9.59 Å². The van der Waals surface area contributed by atoms with Crippen LogP contribution in [-0.4, -0.2) is 17.1 Å². The van der Waals surface area contributed by atoms with E-state index in [-0.39, 0.29) is 30.4 Å². The summed E-state index contributed by atoms with van der Waals surface area (Å²) < 4.78 is 7.83. The summed E-state index contributed by atoms with van der Waals surface area (Å²) in [6.45, 7) is 9.39. The maximum Gasteiger partial charge on any atom is 0.258 e. The van der Waals surface area contributed by atoms with E-state index >= 15 is 0 Å². The predicted molar refractivity (Wildman–Crippen MR) is 118 cm³/mol. The number of pyridine rings is 1. The Balaban J connectivity index is 0.00000392. The molecule has 0 aliphatic rings. The van der Waals surface area contributed by atoms with Crippen molar-refractivity contribution in [3.8, 4) is 5.75 Å². The molecule has 0 saturated carbocycles. The van der Waals surface area contributed by atoms with E-state index in [1.54, 1.807) is 23.6 Å². The van der Waals surface area contributed by atoms with Gasteiger partial charge in [-0.1, -0.05) is 34.1 Å². The Kier molecular flexibility index (Phi) is 9.49. The summed E-state index contributed by atoms with van der Waals surface area (Å²) in [6, 6.07) is 5.33. The summed E-state index contributed by atoms with van der Waals surface area (Å²) in [6.07, 6.45) is 2.32. The number of hydrogen-bond donors (Lipinski definition) is 2. The molecule has 3 N–H and O–H groups in total. The molecule has 0 unspecified atom stereocenters. The van der Waals surface area contributed by atoms with Crippen LogP contribution < -0.4 is 21.3 Å². The zero-order valence-corrected chi connectivity index (χ0v) is 18.0. The van der Waals surface area contributed by atoms with Crippen LogP contribution in [0.5, 0.6) is 5.75 Å². The van der Waals surface area contributed by atoms with Crippen LogP contribution in [0.25, 0.3) is 10.8 Å². The average Bonchev–Trinajstić information content (AvgIpc) is 2.64. The molecule has 0 aliphatic carbocycles. The molecule has 1 aromatic heterocycles. The summed E-state index contributed by atoms with van der Waals surface area (Å²) >= 11 is 0. The molecule has 2 rings (SSSR count). The summed E-state index contributed by atoms with van der Waals surface area (Å²) in [7, 11) is 0. The maximum atomic E-state index is 13.1. The lowest BCUT2D eigenvalue weighted by Gasteiger charge is -2.21. The van der Waals surface area contributed by atoms with E-state index < -0.39 is 0 Å². The van der Waals surface area contributed by atoms with Crippen LogP contribution in [0.4, 0.5) is 5.69 Å².